The third-order valence-electron chi connectivity index (χ3n) is 2.92. The first-order valence-corrected chi connectivity index (χ1v) is 6.48. The van der Waals surface area contributed by atoms with Gasteiger partial charge in [-0.15, -0.1) is 0 Å². The molecule has 1 saturated heterocycles. The number of ether oxygens (including phenoxy) is 1. The molecular weight excluding hydrogens is 218 g/mol. The van der Waals surface area contributed by atoms with Gasteiger partial charge in [-0.25, -0.2) is 0 Å². The molecule has 5 heteroatoms. The summed E-state index contributed by atoms with van der Waals surface area (Å²) in [5.74, 6) is 0.187. The monoisotopic (exact) mass is 243 g/mol. The third-order valence-corrected chi connectivity index (χ3v) is 2.92. The second kappa shape index (κ2) is 8.44. The number of hydrogen-bond donors (Lipinski definition) is 1. The van der Waals surface area contributed by atoms with E-state index >= 15 is 0 Å². The molecule has 0 aromatic carbocycles. The summed E-state index contributed by atoms with van der Waals surface area (Å²) in [6.07, 6.45) is 1.17. The summed E-state index contributed by atoms with van der Waals surface area (Å²) in [4.78, 5) is 15.9. The van der Waals surface area contributed by atoms with Crippen molar-refractivity contribution in [2.45, 2.75) is 13.3 Å². The van der Waals surface area contributed by atoms with Crippen molar-refractivity contribution in [3.63, 3.8) is 0 Å². The van der Waals surface area contributed by atoms with Crippen LogP contribution in [0.25, 0.3) is 0 Å². The van der Waals surface area contributed by atoms with E-state index in [1.165, 1.54) is 6.42 Å². The van der Waals surface area contributed by atoms with Crippen molar-refractivity contribution in [2.24, 2.45) is 0 Å². The number of nitrogens with one attached hydrogen (secondary N) is 1. The zero-order valence-electron chi connectivity index (χ0n) is 11.1. The van der Waals surface area contributed by atoms with Gasteiger partial charge in [-0.2, -0.15) is 0 Å². The number of rotatable bonds is 7. The van der Waals surface area contributed by atoms with E-state index in [9.17, 15) is 4.79 Å². The Bertz CT molecular complexity index is 218. The minimum Gasteiger partial charge on any atom is -0.378 e. The first-order chi connectivity index (χ1) is 8.24. The van der Waals surface area contributed by atoms with Gasteiger partial charge in [0.25, 0.3) is 0 Å². The highest BCUT2D eigenvalue weighted by Crippen LogP contribution is 1.96. The van der Waals surface area contributed by atoms with E-state index in [1.807, 2.05) is 4.90 Å². The van der Waals surface area contributed by atoms with Gasteiger partial charge in [-0.05, 0) is 20.0 Å². The lowest BCUT2D eigenvalue weighted by molar-refractivity contribution is -0.134. The summed E-state index contributed by atoms with van der Waals surface area (Å²) >= 11 is 0. The number of amides is 1. The molecule has 0 aromatic heterocycles. The van der Waals surface area contributed by atoms with Crippen LogP contribution in [0.1, 0.15) is 13.3 Å². The fourth-order valence-corrected chi connectivity index (χ4v) is 1.88. The topological polar surface area (TPSA) is 44.8 Å². The molecule has 100 valence electrons. The quantitative estimate of drug-likeness (QED) is 0.628. The lowest BCUT2D eigenvalue weighted by Gasteiger charge is -2.27. The maximum Gasteiger partial charge on any atom is 0.236 e. The second-order valence-electron chi connectivity index (χ2n) is 4.47. The van der Waals surface area contributed by atoms with Gasteiger partial charge in [0, 0.05) is 26.2 Å². The molecule has 0 unspecified atom stereocenters. The van der Waals surface area contributed by atoms with E-state index in [2.05, 4.69) is 24.2 Å². The lowest BCUT2D eigenvalue weighted by Crippen LogP contribution is -2.45. The minimum atomic E-state index is 0.187. The Morgan fingerprint density at radius 2 is 2.06 bits per heavy atom. The highest BCUT2D eigenvalue weighted by molar-refractivity contribution is 5.78. The van der Waals surface area contributed by atoms with Crippen molar-refractivity contribution in [1.29, 1.82) is 0 Å². The Morgan fingerprint density at radius 1 is 1.35 bits per heavy atom. The maximum atomic E-state index is 11.8. The zero-order chi connectivity index (χ0) is 12.5. The van der Waals surface area contributed by atoms with Gasteiger partial charge < -0.3 is 19.9 Å². The molecule has 0 radical (unpaired) electrons. The van der Waals surface area contributed by atoms with Crippen molar-refractivity contribution in [1.82, 2.24) is 15.1 Å². The van der Waals surface area contributed by atoms with E-state index in [0.717, 1.165) is 32.7 Å². The van der Waals surface area contributed by atoms with Crippen LogP contribution in [0.15, 0.2) is 0 Å². The van der Waals surface area contributed by atoms with Crippen molar-refractivity contribution in [2.75, 3.05) is 59.5 Å². The number of carbonyl (C=O) groups is 1. The molecule has 0 bridgehead atoms. The van der Waals surface area contributed by atoms with Crippen LogP contribution in [0.5, 0.6) is 0 Å². The lowest BCUT2D eigenvalue weighted by atomic mass is 10.4. The molecule has 1 rings (SSSR count). The van der Waals surface area contributed by atoms with Crippen molar-refractivity contribution in [3.05, 3.63) is 0 Å². The summed E-state index contributed by atoms with van der Waals surface area (Å²) in [7, 11) is 2.11. The first-order valence-electron chi connectivity index (χ1n) is 6.48. The van der Waals surface area contributed by atoms with Gasteiger partial charge in [0.1, 0.15) is 0 Å². The molecular formula is C12H25N3O2. The van der Waals surface area contributed by atoms with Crippen LogP contribution in [0, 0.1) is 0 Å². The van der Waals surface area contributed by atoms with Crippen molar-refractivity contribution < 1.29 is 9.53 Å². The third kappa shape index (κ3) is 6.00. The predicted molar refractivity (Wildman–Crippen MR) is 68.1 cm³/mol. The molecule has 1 N–H and O–H groups in total. The van der Waals surface area contributed by atoms with Gasteiger partial charge in [-0.3, -0.25) is 4.79 Å². The average Bonchev–Trinajstić information content (AvgIpc) is 2.36. The van der Waals surface area contributed by atoms with Crippen LogP contribution in [-0.4, -0.2) is 75.2 Å². The van der Waals surface area contributed by atoms with E-state index in [4.69, 9.17) is 4.74 Å². The Balaban J connectivity index is 2.03. The molecule has 0 saturated carbocycles. The summed E-state index contributed by atoms with van der Waals surface area (Å²) in [6.45, 7) is 8.39. The van der Waals surface area contributed by atoms with Gasteiger partial charge in [0.15, 0.2) is 0 Å². The van der Waals surface area contributed by atoms with Crippen LogP contribution in [-0.2, 0) is 9.53 Å². The van der Waals surface area contributed by atoms with Crippen LogP contribution < -0.4 is 5.32 Å². The van der Waals surface area contributed by atoms with Crippen LogP contribution >= 0.6 is 0 Å². The Morgan fingerprint density at radius 3 is 2.71 bits per heavy atom. The fraction of sp³-hybridized carbons (Fsp3) is 0.917. The molecule has 0 aromatic rings. The standard InChI is InChI=1S/C12H25N3O2/c1-3-5-14(2)6-4-13-11-12(16)15-7-9-17-10-8-15/h13H,3-11H2,1-2H3. The molecule has 17 heavy (non-hydrogen) atoms. The predicted octanol–water partition coefficient (Wildman–Crippen LogP) is -0.223. The van der Waals surface area contributed by atoms with Gasteiger partial charge in [0.05, 0.1) is 19.8 Å². The van der Waals surface area contributed by atoms with Crippen molar-refractivity contribution >= 4 is 5.91 Å². The van der Waals surface area contributed by atoms with Gasteiger partial charge in [-0.1, -0.05) is 6.92 Å². The second-order valence-corrected chi connectivity index (χ2v) is 4.47. The van der Waals surface area contributed by atoms with Gasteiger partial charge in [0.2, 0.25) is 5.91 Å². The molecule has 0 atom stereocenters. The van der Waals surface area contributed by atoms with Crippen molar-refractivity contribution in [3.8, 4) is 0 Å². The number of morpholine rings is 1. The van der Waals surface area contributed by atoms with Gasteiger partial charge >= 0.3 is 0 Å². The maximum absolute atomic E-state index is 11.8. The first kappa shape index (κ1) is 14.4. The summed E-state index contributed by atoms with van der Waals surface area (Å²) in [5, 5.41) is 3.20. The molecule has 1 aliphatic heterocycles. The Labute approximate surface area is 104 Å². The van der Waals surface area contributed by atoms with E-state index in [-0.39, 0.29) is 5.91 Å². The van der Waals surface area contributed by atoms with E-state index < -0.39 is 0 Å². The van der Waals surface area contributed by atoms with Crippen LogP contribution in [0.3, 0.4) is 0 Å². The zero-order valence-corrected chi connectivity index (χ0v) is 11.1. The molecule has 0 spiro atoms. The number of nitrogens with zero attached hydrogens (tertiary/aromatic N) is 2. The van der Waals surface area contributed by atoms with E-state index in [0.29, 0.717) is 19.8 Å². The SMILES string of the molecule is CCCN(C)CCNCC(=O)N1CCOCC1. The fourth-order valence-electron chi connectivity index (χ4n) is 1.88. The summed E-state index contributed by atoms with van der Waals surface area (Å²) < 4.78 is 5.21. The minimum absolute atomic E-state index is 0.187. The highest BCUT2D eigenvalue weighted by atomic mass is 16.5. The summed E-state index contributed by atoms with van der Waals surface area (Å²) in [5.41, 5.74) is 0. The smallest absolute Gasteiger partial charge is 0.236 e. The van der Waals surface area contributed by atoms with Crippen LogP contribution in [0.2, 0.25) is 0 Å². The Hall–Kier alpha value is -0.650. The molecule has 1 heterocycles. The molecule has 1 amide bonds. The molecule has 5 nitrogen and oxygen atoms in total. The summed E-state index contributed by atoms with van der Waals surface area (Å²) in [6, 6.07) is 0. The molecule has 1 fully saturated rings. The highest BCUT2D eigenvalue weighted by Gasteiger charge is 2.15. The largest absolute Gasteiger partial charge is 0.378 e. The van der Waals surface area contributed by atoms with Crippen LogP contribution in [0.4, 0.5) is 0 Å². The number of carbonyl (C=O) groups excluding carboxylic acids is 1. The Kier molecular flexibility index (Phi) is 7.16. The number of hydrogen-bond acceptors (Lipinski definition) is 4. The molecule has 0 aliphatic carbocycles. The number of likely N-dealkylation sites (N-methyl/N-ethyl adjacent to an activating group) is 1. The normalized spacial score (nSPS) is 16.5. The average molecular weight is 243 g/mol. The van der Waals surface area contributed by atoms with E-state index in [1.54, 1.807) is 0 Å². The molecule has 1 aliphatic rings.